The highest BCUT2D eigenvalue weighted by Crippen LogP contribution is 2.55. The first-order chi connectivity index (χ1) is 17.1. The SMILES string of the molecule is CC1(C)c2ccc3ccccc3c2-c2c1ccc1c2c2ccccc2n1-c1ccc2c(c1)CC=N2. The molecule has 0 radical (unpaired) electrons. The highest BCUT2D eigenvalue weighted by Gasteiger charge is 2.38. The van der Waals surface area contributed by atoms with Crippen LogP contribution in [0.4, 0.5) is 5.69 Å². The molecule has 1 aromatic heterocycles. The zero-order valence-corrected chi connectivity index (χ0v) is 19.8. The molecule has 35 heavy (non-hydrogen) atoms. The minimum absolute atomic E-state index is 0.0446. The van der Waals surface area contributed by atoms with Gasteiger partial charge in [0, 0.05) is 34.5 Å². The van der Waals surface area contributed by atoms with Crippen LogP contribution in [-0.2, 0) is 11.8 Å². The van der Waals surface area contributed by atoms with Crippen molar-refractivity contribution in [3.63, 3.8) is 0 Å². The number of hydrogen-bond acceptors (Lipinski definition) is 1. The quantitative estimate of drug-likeness (QED) is 0.240. The van der Waals surface area contributed by atoms with Gasteiger partial charge in [-0.15, -0.1) is 0 Å². The number of benzene rings is 5. The molecule has 8 rings (SSSR count). The molecule has 0 atom stereocenters. The van der Waals surface area contributed by atoms with E-state index in [4.69, 9.17) is 0 Å². The third-order valence-corrected chi connectivity index (χ3v) is 8.23. The van der Waals surface area contributed by atoms with Crippen molar-refractivity contribution < 1.29 is 0 Å². The topological polar surface area (TPSA) is 17.3 Å². The predicted octanol–water partition coefficient (Wildman–Crippen LogP) is 8.50. The summed E-state index contributed by atoms with van der Waals surface area (Å²) in [4.78, 5) is 4.53. The Morgan fingerprint density at radius 2 is 1.49 bits per heavy atom. The maximum Gasteiger partial charge on any atom is 0.0663 e. The van der Waals surface area contributed by atoms with E-state index >= 15 is 0 Å². The van der Waals surface area contributed by atoms with Gasteiger partial charge in [-0.1, -0.05) is 74.5 Å². The predicted molar refractivity (Wildman–Crippen MR) is 148 cm³/mol. The van der Waals surface area contributed by atoms with Crippen molar-refractivity contribution in [1.82, 2.24) is 4.57 Å². The van der Waals surface area contributed by atoms with E-state index in [1.807, 2.05) is 6.21 Å². The minimum atomic E-state index is -0.0446. The van der Waals surface area contributed by atoms with E-state index in [0.717, 1.165) is 12.1 Å². The Morgan fingerprint density at radius 1 is 0.714 bits per heavy atom. The molecule has 2 aliphatic rings. The molecule has 5 aromatic carbocycles. The first-order valence-corrected chi connectivity index (χ1v) is 12.4. The van der Waals surface area contributed by atoms with Crippen molar-refractivity contribution in [2.24, 2.45) is 4.99 Å². The standard InChI is InChI=1S/C33H24N2/c1-33(2)25-13-11-20-7-3-4-8-23(20)30(25)32-26(33)14-16-29-31(32)24-9-5-6-10-28(24)35(29)22-12-15-27-21(19-22)17-18-34-27/h3-16,18-19H,17H2,1-2H3. The third-order valence-electron chi connectivity index (χ3n) is 8.23. The second-order valence-electron chi connectivity index (χ2n) is 10.4. The maximum absolute atomic E-state index is 4.53. The van der Waals surface area contributed by atoms with E-state index < -0.39 is 0 Å². The van der Waals surface area contributed by atoms with Crippen LogP contribution in [0.25, 0.3) is 49.4 Å². The Bertz CT molecular complexity index is 1900. The molecule has 1 aliphatic heterocycles. The Morgan fingerprint density at radius 3 is 2.40 bits per heavy atom. The number of nitrogens with zero attached hydrogens (tertiary/aromatic N) is 2. The summed E-state index contributed by atoms with van der Waals surface area (Å²) >= 11 is 0. The first kappa shape index (κ1) is 19.2. The van der Waals surface area contributed by atoms with Crippen LogP contribution in [0, 0.1) is 0 Å². The number of fused-ring (bicyclic) bond motifs is 10. The zero-order chi connectivity index (χ0) is 23.3. The highest BCUT2D eigenvalue weighted by atomic mass is 15.0. The number of aliphatic imine (C=N–C) groups is 1. The lowest BCUT2D eigenvalue weighted by Gasteiger charge is -2.21. The summed E-state index contributed by atoms with van der Waals surface area (Å²) in [5.41, 5.74) is 11.7. The number of rotatable bonds is 1. The summed E-state index contributed by atoms with van der Waals surface area (Å²) in [5.74, 6) is 0. The molecule has 0 amide bonds. The highest BCUT2D eigenvalue weighted by molar-refractivity contribution is 6.20. The summed E-state index contributed by atoms with van der Waals surface area (Å²) in [5, 5.41) is 5.32. The lowest BCUT2D eigenvalue weighted by molar-refractivity contribution is 0.661. The van der Waals surface area contributed by atoms with Crippen molar-refractivity contribution >= 4 is 44.5 Å². The lowest BCUT2D eigenvalue weighted by atomic mass is 9.82. The molecule has 0 bridgehead atoms. The van der Waals surface area contributed by atoms with Gasteiger partial charge < -0.3 is 4.57 Å². The van der Waals surface area contributed by atoms with Gasteiger partial charge in [-0.3, -0.25) is 4.99 Å². The normalized spacial score (nSPS) is 15.1. The third kappa shape index (κ3) is 2.37. The molecule has 2 heteroatoms. The molecular formula is C33H24N2. The molecule has 0 fully saturated rings. The van der Waals surface area contributed by atoms with Gasteiger partial charge in [-0.05, 0) is 68.9 Å². The van der Waals surface area contributed by atoms with Crippen molar-refractivity contribution in [3.05, 3.63) is 108 Å². The second kappa shape index (κ2) is 6.49. The summed E-state index contributed by atoms with van der Waals surface area (Å²) in [6.45, 7) is 4.75. The van der Waals surface area contributed by atoms with Gasteiger partial charge in [0.1, 0.15) is 0 Å². The van der Waals surface area contributed by atoms with Crippen LogP contribution in [0.15, 0.2) is 96.0 Å². The van der Waals surface area contributed by atoms with Crippen LogP contribution >= 0.6 is 0 Å². The van der Waals surface area contributed by atoms with E-state index in [-0.39, 0.29) is 5.41 Å². The van der Waals surface area contributed by atoms with Gasteiger partial charge in [-0.25, -0.2) is 0 Å². The summed E-state index contributed by atoms with van der Waals surface area (Å²) in [6.07, 6.45) is 2.92. The fourth-order valence-electron chi connectivity index (χ4n) is 6.57. The van der Waals surface area contributed by atoms with Gasteiger partial charge in [-0.2, -0.15) is 0 Å². The number of aromatic nitrogens is 1. The van der Waals surface area contributed by atoms with Crippen molar-refractivity contribution in [3.8, 4) is 16.8 Å². The molecule has 6 aromatic rings. The van der Waals surface area contributed by atoms with Gasteiger partial charge in [0.2, 0.25) is 0 Å². The number of para-hydroxylation sites is 1. The lowest BCUT2D eigenvalue weighted by Crippen LogP contribution is -2.14. The van der Waals surface area contributed by atoms with Crippen LogP contribution < -0.4 is 0 Å². The molecule has 0 spiro atoms. The van der Waals surface area contributed by atoms with E-state index in [1.54, 1.807) is 0 Å². The molecule has 166 valence electrons. The molecule has 0 N–H and O–H groups in total. The Hall–Kier alpha value is -4.17. The van der Waals surface area contributed by atoms with Crippen LogP contribution in [0.3, 0.4) is 0 Å². The average molecular weight is 449 g/mol. The van der Waals surface area contributed by atoms with Crippen LogP contribution in [0.1, 0.15) is 30.5 Å². The minimum Gasteiger partial charge on any atom is -0.309 e. The summed E-state index contributed by atoms with van der Waals surface area (Å²) < 4.78 is 2.44. The summed E-state index contributed by atoms with van der Waals surface area (Å²) in [6, 6.07) is 33.8. The van der Waals surface area contributed by atoms with Gasteiger partial charge in [0.25, 0.3) is 0 Å². The maximum atomic E-state index is 4.53. The number of hydrogen-bond donors (Lipinski definition) is 0. The molecular weight excluding hydrogens is 424 g/mol. The average Bonchev–Trinajstić information content (AvgIpc) is 3.55. The molecule has 2 heterocycles. The van der Waals surface area contributed by atoms with Gasteiger partial charge in [0.15, 0.2) is 0 Å². The smallest absolute Gasteiger partial charge is 0.0663 e. The molecule has 0 saturated carbocycles. The first-order valence-electron chi connectivity index (χ1n) is 12.4. The van der Waals surface area contributed by atoms with Gasteiger partial charge >= 0.3 is 0 Å². The van der Waals surface area contributed by atoms with E-state index in [9.17, 15) is 0 Å². The Kier molecular flexibility index (Phi) is 3.55. The van der Waals surface area contributed by atoms with Crippen molar-refractivity contribution in [2.45, 2.75) is 25.7 Å². The van der Waals surface area contributed by atoms with Crippen LogP contribution in [-0.4, -0.2) is 10.8 Å². The van der Waals surface area contributed by atoms with Crippen LogP contribution in [0.5, 0.6) is 0 Å². The van der Waals surface area contributed by atoms with Gasteiger partial charge in [0.05, 0.1) is 16.7 Å². The molecule has 1 aliphatic carbocycles. The van der Waals surface area contributed by atoms with E-state index in [0.29, 0.717) is 0 Å². The van der Waals surface area contributed by atoms with E-state index in [1.165, 1.54) is 66.1 Å². The molecule has 0 saturated heterocycles. The Balaban J connectivity index is 1.56. The van der Waals surface area contributed by atoms with Crippen LogP contribution in [0.2, 0.25) is 0 Å². The molecule has 2 nitrogen and oxygen atoms in total. The van der Waals surface area contributed by atoms with Crippen molar-refractivity contribution in [2.75, 3.05) is 0 Å². The largest absolute Gasteiger partial charge is 0.309 e. The van der Waals surface area contributed by atoms with E-state index in [2.05, 4.69) is 114 Å². The fourth-order valence-corrected chi connectivity index (χ4v) is 6.57. The monoisotopic (exact) mass is 448 g/mol. The Labute approximate surface area is 204 Å². The van der Waals surface area contributed by atoms with Crippen molar-refractivity contribution in [1.29, 1.82) is 0 Å². The fraction of sp³-hybridized carbons (Fsp3) is 0.121. The zero-order valence-electron chi connectivity index (χ0n) is 19.8. The second-order valence-corrected chi connectivity index (χ2v) is 10.4. The summed E-state index contributed by atoms with van der Waals surface area (Å²) in [7, 11) is 0. The molecule has 0 unspecified atom stereocenters.